The number of anilines is 2. The zero-order chi connectivity index (χ0) is 18.2. The monoisotopic (exact) mass is 362 g/mol. The molecule has 8 nitrogen and oxygen atoms in total. The standard InChI is InChI=1S/C18H30N6O2/c1-19-18-21-5-2-16(22-18)24-7-3-15(4-8-24)14-17(25)20-6-9-23-10-12-26-13-11-23/h2,5,15H,3-4,6-14H2,1H3,(H,20,25)(H,19,21,22). The van der Waals surface area contributed by atoms with Crippen molar-refractivity contribution in [1.29, 1.82) is 0 Å². The van der Waals surface area contributed by atoms with E-state index in [1.165, 1.54) is 0 Å². The second-order valence-electron chi connectivity index (χ2n) is 6.93. The van der Waals surface area contributed by atoms with Gasteiger partial charge in [0.1, 0.15) is 5.82 Å². The molecule has 1 amide bonds. The van der Waals surface area contributed by atoms with Gasteiger partial charge in [-0.25, -0.2) is 4.98 Å². The van der Waals surface area contributed by atoms with Crippen LogP contribution in [-0.4, -0.2) is 80.3 Å². The lowest BCUT2D eigenvalue weighted by atomic mass is 9.93. The van der Waals surface area contributed by atoms with Crippen molar-refractivity contribution in [3.05, 3.63) is 12.3 Å². The molecule has 26 heavy (non-hydrogen) atoms. The van der Waals surface area contributed by atoms with Gasteiger partial charge in [-0.3, -0.25) is 9.69 Å². The molecule has 0 spiro atoms. The molecule has 0 aliphatic carbocycles. The number of nitrogens with one attached hydrogen (secondary N) is 2. The van der Waals surface area contributed by atoms with Crippen LogP contribution in [0.2, 0.25) is 0 Å². The quantitative estimate of drug-likeness (QED) is 0.734. The molecule has 0 saturated carbocycles. The Labute approximate surface area is 155 Å². The Bertz CT molecular complexity index is 571. The topological polar surface area (TPSA) is 82.6 Å². The molecule has 0 unspecified atom stereocenters. The van der Waals surface area contributed by atoms with Crippen LogP contribution in [0.5, 0.6) is 0 Å². The fraction of sp³-hybridized carbons (Fsp3) is 0.722. The van der Waals surface area contributed by atoms with E-state index in [0.29, 0.717) is 18.3 Å². The van der Waals surface area contributed by atoms with Crippen molar-refractivity contribution in [2.24, 2.45) is 5.92 Å². The minimum atomic E-state index is 0.177. The van der Waals surface area contributed by atoms with Gasteiger partial charge in [-0.15, -0.1) is 0 Å². The lowest BCUT2D eigenvalue weighted by Crippen LogP contribution is -2.42. The summed E-state index contributed by atoms with van der Waals surface area (Å²) in [5.74, 6) is 2.23. The molecule has 0 radical (unpaired) electrons. The minimum Gasteiger partial charge on any atom is -0.379 e. The van der Waals surface area contributed by atoms with Crippen molar-refractivity contribution in [3.63, 3.8) is 0 Å². The summed E-state index contributed by atoms with van der Waals surface area (Å²) < 4.78 is 5.34. The highest BCUT2D eigenvalue weighted by molar-refractivity contribution is 5.76. The van der Waals surface area contributed by atoms with Gasteiger partial charge in [-0.1, -0.05) is 0 Å². The number of carbonyl (C=O) groups excluding carboxylic acids is 1. The summed E-state index contributed by atoms with van der Waals surface area (Å²) in [6.07, 6.45) is 4.45. The fourth-order valence-corrected chi connectivity index (χ4v) is 3.52. The van der Waals surface area contributed by atoms with Gasteiger partial charge in [0.05, 0.1) is 13.2 Å². The number of hydrogen-bond acceptors (Lipinski definition) is 7. The molecule has 3 rings (SSSR count). The van der Waals surface area contributed by atoms with Gasteiger partial charge in [0.2, 0.25) is 11.9 Å². The van der Waals surface area contributed by atoms with E-state index in [4.69, 9.17) is 4.74 Å². The van der Waals surface area contributed by atoms with Gasteiger partial charge >= 0.3 is 0 Å². The molecular formula is C18H30N6O2. The number of hydrogen-bond donors (Lipinski definition) is 2. The Balaban J connectivity index is 1.34. The molecule has 2 N–H and O–H groups in total. The lowest BCUT2D eigenvalue weighted by molar-refractivity contribution is -0.122. The van der Waals surface area contributed by atoms with Gasteiger partial charge < -0.3 is 20.3 Å². The first-order valence-corrected chi connectivity index (χ1v) is 9.57. The third-order valence-electron chi connectivity index (χ3n) is 5.13. The van der Waals surface area contributed by atoms with Gasteiger partial charge in [0.25, 0.3) is 0 Å². The minimum absolute atomic E-state index is 0.177. The highest BCUT2D eigenvalue weighted by Gasteiger charge is 2.22. The third-order valence-corrected chi connectivity index (χ3v) is 5.13. The molecule has 2 fully saturated rings. The second-order valence-corrected chi connectivity index (χ2v) is 6.93. The number of ether oxygens (including phenoxy) is 1. The molecule has 1 aromatic heterocycles. The van der Waals surface area contributed by atoms with Crippen LogP contribution in [0, 0.1) is 5.92 Å². The number of aromatic nitrogens is 2. The summed E-state index contributed by atoms with van der Waals surface area (Å²) in [5.41, 5.74) is 0. The number of rotatable bonds is 7. The largest absolute Gasteiger partial charge is 0.379 e. The predicted octanol–water partition coefficient (Wildman–Crippen LogP) is 0.573. The van der Waals surface area contributed by atoms with Crippen LogP contribution in [0.4, 0.5) is 11.8 Å². The second kappa shape index (κ2) is 9.68. The molecule has 3 heterocycles. The number of amides is 1. The zero-order valence-electron chi connectivity index (χ0n) is 15.6. The molecule has 0 bridgehead atoms. The van der Waals surface area contributed by atoms with Crippen LogP contribution in [0.25, 0.3) is 0 Å². The summed E-state index contributed by atoms with van der Waals surface area (Å²) in [6.45, 7) is 7.04. The van der Waals surface area contributed by atoms with E-state index in [1.54, 1.807) is 6.20 Å². The Morgan fingerprint density at radius 3 is 2.77 bits per heavy atom. The van der Waals surface area contributed by atoms with Crippen molar-refractivity contribution >= 4 is 17.7 Å². The summed E-state index contributed by atoms with van der Waals surface area (Å²) in [5, 5.41) is 6.04. The molecule has 144 valence electrons. The molecule has 8 heteroatoms. The number of carbonyl (C=O) groups is 1. The molecule has 2 aliphatic rings. The van der Waals surface area contributed by atoms with E-state index in [2.05, 4.69) is 30.4 Å². The van der Waals surface area contributed by atoms with E-state index in [-0.39, 0.29) is 5.91 Å². The Morgan fingerprint density at radius 1 is 1.27 bits per heavy atom. The highest BCUT2D eigenvalue weighted by Crippen LogP contribution is 2.24. The first-order valence-electron chi connectivity index (χ1n) is 9.57. The summed E-state index contributed by atoms with van der Waals surface area (Å²) >= 11 is 0. The van der Waals surface area contributed by atoms with Crippen LogP contribution < -0.4 is 15.5 Å². The number of piperidine rings is 1. The lowest BCUT2D eigenvalue weighted by Gasteiger charge is -2.32. The van der Waals surface area contributed by atoms with E-state index in [1.807, 2.05) is 13.1 Å². The van der Waals surface area contributed by atoms with Gasteiger partial charge in [-0.05, 0) is 24.8 Å². The van der Waals surface area contributed by atoms with Crippen LogP contribution in [-0.2, 0) is 9.53 Å². The molecule has 2 aliphatic heterocycles. The summed E-state index contributed by atoms with van der Waals surface area (Å²) in [7, 11) is 1.82. The smallest absolute Gasteiger partial charge is 0.224 e. The first kappa shape index (κ1) is 18.8. The van der Waals surface area contributed by atoms with E-state index in [9.17, 15) is 4.79 Å². The van der Waals surface area contributed by atoms with Crippen LogP contribution >= 0.6 is 0 Å². The number of nitrogens with zero attached hydrogens (tertiary/aromatic N) is 4. The Hall–Kier alpha value is -1.93. The van der Waals surface area contributed by atoms with Gasteiger partial charge in [0, 0.05) is 58.9 Å². The molecule has 0 atom stereocenters. The third kappa shape index (κ3) is 5.54. The highest BCUT2D eigenvalue weighted by atomic mass is 16.5. The number of morpholine rings is 1. The van der Waals surface area contributed by atoms with Crippen molar-refractivity contribution < 1.29 is 9.53 Å². The predicted molar refractivity (Wildman–Crippen MR) is 101 cm³/mol. The normalized spacial score (nSPS) is 19.3. The van der Waals surface area contributed by atoms with E-state index < -0.39 is 0 Å². The van der Waals surface area contributed by atoms with Crippen LogP contribution in [0.1, 0.15) is 19.3 Å². The van der Waals surface area contributed by atoms with Crippen molar-refractivity contribution in [2.45, 2.75) is 19.3 Å². The van der Waals surface area contributed by atoms with Crippen molar-refractivity contribution in [1.82, 2.24) is 20.2 Å². The summed E-state index contributed by atoms with van der Waals surface area (Å²) in [6, 6.07) is 1.94. The van der Waals surface area contributed by atoms with Gasteiger partial charge in [0.15, 0.2) is 0 Å². The van der Waals surface area contributed by atoms with Crippen LogP contribution in [0.3, 0.4) is 0 Å². The maximum atomic E-state index is 12.2. The Morgan fingerprint density at radius 2 is 2.04 bits per heavy atom. The molecule has 1 aromatic rings. The fourth-order valence-electron chi connectivity index (χ4n) is 3.52. The molecule has 0 aromatic carbocycles. The Kier molecular flexibility index (Phi) is 7.02. The zero-order valence-corrected chi connectivity index (χ0v) is 15.6. The SMILES string of the molecule is CNc1nccc(N2CCC(CC(=O)NCCN3CCOCC3)CC2)n1. The van der Waals surface area contributed by atoms with Gasteiger partial charge in [-0.2, -0.15) is 4.98 Å². The van der Waals surface area contributed by atoms with Crippen LogP contribution in [0.15, 0.2) is 12.3 Å². The van der Waals surface area contributed by atoms with E-state index >= 15 is 0 Å². The maximum Gasteiger partial charge on any atom is 0.224 e. The van der Waals surface area contributed by atoms with Crippen molar-refractivity contribution in [2.75, 3.05) is 69.7 Å². The summed E-state index contributed by atoms with van der Waals surface area (Å²) in [4.78, 5) is 25.5. The maximum absolute atomic E-state index is 12.2. The van der Waals surface area contributed by atoms with Crippen molar-refractivity contribution in [3.8, 4) is 0 Å². The molecular weight excluding hydrogens is 332 g/mol. The first-order chi connectivity index (χ1) is 12.7. The average molecular weight is 362 g/mol. The van der Waals surface area contributed by atoms with E-state index in [0.717, 1.165) is 71.1 Å². The average Bonchev–Trinajstić information content (AvgIpc) is 2.69. The molecule has 2 saturated heterocycles.